The lowest BCUT2D eigenvalue weighted by Crippen LogP contribution is -2.57. The van der Waals surface area contributed by atoms with E-state index in [0.717, 1.165) is 44.8 Å². The van der Waals surface area contributed by atoms with Crippen molar-refractivity contribution in [2.75, 3.05) is 44.7 Å². The van der Waals surface area contributed by atoms with Crippen molar-refractivity contribution < 1.29 is 9.59 Å². The van der Waals surface area contributed by atoms with Gasteiger partial charge in [0.05, 0.1) is 5.56 Å². The summed E-state index contributed by atoms with van der Waals surface area (Å²) in [6.45, 7) is 12.7. The number of nitrogens with zero attached hydrogens (tertiary/aromatic N) is 4. The lowest BCUT2D eigenvalue weighted by Gasteiger charge is -2.45. The minimum Gasteiger partial charge on any atom is -0.354 e. The molecule has 3 rings (SSSR count). The highest BCUT2D eigenvalue weighted by atomic mass is 16.2. The van der Waals surface area contributed by atoms with E-state index in [0.29, 0.717) is 30.2 Å². The second kappa shape index (κ2) is 8.82. The van der Waals surface area contributed by atoms with Crippen molar-refractivity contribution in [2.45, 2.75) is 52.5 Å². The molecule has 2 saturated heterocycles. The van der Waals surface area contributed by atoms with E-state index < -0.39 is 0 Å². The summed E-state index contributed by atoms with van der Waals surface area (Å²) in [6.07, 6.45) is 4.08. The number of hydrogen-bond donors (Lipinski definition) is 0. The van der Waals surface area contributed by atoms with Gasteiger partial charge in [0.2, 0.25) is 0 Å². The summed E-state index contributed by atoms with van der Waals surface area (Å²) >= 11 is 0. The molecule has 6 heteroatoms. The van der Waals surface area contributed by atoms with E-state index in [4.69, 9.17) is 0 Å². The van der Waals surface area contributed by atoms with E-state index >= 15 is 0 Å². The van der Waals surface area contributed by atoms with Gasteiger partial charge < -0.3 is 9.80 Å². The van der Waals surface area contributed by atoms with Crippen molar-refractivity contribution in [3.63, 3.8) is 0 Å². The fraction of sp³-hybridized carbons (Fsp3) is 0.696. The van der Waals surface area contributed by atoms with Crippen molar-refractivity contribution in [2.24, 2.45) is 11.8 Å². The molecule has 2 aliphatic heterocycles. The van der Waals surface area contributed by atoms with Crippen LogP contribution in [0.3, 0.4) is 0 Å². The predicted molar refractivity (Wildman–Crippen MR) is 116 cm³/mol. The van der Waals surface area contributed by atoms with Crippen LogP contribution in [0.25, 0.3) is 0 Å². The quantitative estimate of drug-likeness (QED) is 0.760. The number of ketones is 1. The third-order valence-electron chi connectivity index (χ3n) is 6.41. The van der Waals surface area contributed by atoms with Crippen molar-refractivity contribution in [1.29, 1.82) is 0 Å². The Hall–Kier alpha value is -1.95. The largest absolute Gasteiger partial charge is 0.354 e. The summed E-state index contributed by atoms with van der Waals surface area (Å²) in [6, 6.07) is 3.84. The van der Waals surface area contributed by atoms with E-state index in [1.165, 1.54) is 0 Å². The first-order valence-electron chi connectivity index (χ1n) is 10.9. The Morgan fingerprint density at radius 3 is 2.59 bits per heavy atom. The third-order valence-corrected chi connectivity index (χ3v) is 6.41. The van der Waals surface area contributed by atoms with Crippen molar-refractivity contribution in [3.8, 4) is 0 Å². The molecule has 0 saturated carbocycles. The number of carbonyl (C=O) groups is 2. The summed E-state index contributed by atoms with van der Waals surface area (Å²) in [7, 11) is 2.16. The highest BCUT2D eigenvalue weighted by molar-refractivity contribution is 5.94. The summed E-state index contributed by atoms with van der Waals surface area (Å²) in [5, 5.41) is 0. The number of piperidine rings is 1. The summed E-state index contributed by atoms with van der Waals surface area (Å²) in [5.74, 6) is 1.56. The van der Waals surface area contributed by atoms with Crippen LogP contribution in [-0.2, 0) is 4.79 Å². The van der Waals surface area contributed by atoms with Crippen LogP contribution in [0, 0.1) is 11.8 Å². The molecule has 0 spiro atoms. The Morgan fingerprint density at radius 1 is 1.21 bits per heavy atom. The molecule has 3 heterocycles. The lowest BCUT2D eigenvalue weighted by atomic mass is 9.89. The van der Waals surface area contributed by atoms with Gasteiger partial charge in [-0.2, -0.15) is 0 Å². The highest BCUT2D eigenvalue weighted by Crippen LogP contribution is 2.25. The molecule has 1 aromatic heterocycles. The molecule has 0 N–H and O–H groups in total. The number of carbonyl (C=O) groups excluding carboxylic acids is 2. The first-order chi connectivity index (χ1) is 13.7. The highest BCUT2D eigenvalue weighted by Gasteiger charge is 2.32. The first kappa shape index (κ1) is 21.8. The van der Waals surface area contributed by atoms with Crippen molar-refractivity contribution in [1.82, 2.24) is 14.8 Å². The molecule has 0 aliphatic carbocycles. The van der Waals surface area contributed by atoms with Gasteiger partial charge >= 0.3 is 0 Å². The van der Waals surface area contributed by atoms with Crippen LogP contribution in [-0.4, -0.2) is 71.8 Å². The molecule has 160 valence electrons. The van der Waals surface area contributed by atoms with Crippen LogP contribution >= 0.6 is 0 Å². The van der Waals surface area contributed by atoms with E-state index in [9.17, 15) is 9.59 Å². The molecule has 0 radical (unpaired) electrons. The Balaban J connectivity index is 1.63. The number of hydrogen-bond acceptors (Lipinski definition) is 5. The zero-order valence-electron chi connectivity index (χ0n) is 18.6. The SMILES string of the molecule is CC(C)CC(=O)[C@@H]1CCCN(C(=O)c2ccc(N3CCN(C)C(C)(C)C3)nc2)C1. The fourth-order valence-electron chi connectivity index (χ4n) is 4.31. The number of likely N-dealkylation sites (N-methyl/N-ethyl adjacent to an activating group) is 1. The van der Waals surface area contributed by atoms with Gasteiger partial charge in [0.1, 0.15) is 11.6 Å². The zero-order chi connectivity index (χ0) is 21.2. The molecule has 1 amide bonds. The molecule has 2 fully saturated rings. The van der Waals surface area contributed by atoms with Crippen LogP contribution in [0.5, 0.6) is 0 Å². The van der Waals surface area contributed by atoms with Crippen LogP contribution in [0.4, 0.5) is 5.82 Å². The number of Topliss-reactive ketones (excluding diaryl/α,β-unsaturated/α-hetero) is 1. The van der Waals surface area contributed by atoms with Gasteiger partial charge in [-0.25, -0.2) is 4.98 Å². The van der Waals surface area contributed by atoms with Gasteiger partial charge in [-0.15, -0.1) is 0 Å². The minimum atomic E-state index is -0.0186. The maximum Gasteiger partial charge on any atom is 0.255 e. The van der Waals surface area contributed by atoms with Gasteiger partial charge in [-0.1, -0.05) is 13.8 Å². The maximum atomic E-state index is 13.0. The molecular weight excluding hydrogens is 364 g/mol. The molecule has 0 unspecified atom stereocenters. The van der Waals surface area contributed by atoms with Gasteiger partial charge in [-0.3, -0.25) is 14.5 Å². The minimum absolute atomic E-state index is 0.00944. The second-order valence-electron chi connectivity index (χ2n) is 9.72. The monoisotopic (exact) mass is 400 g/mol. The standard InChI is InChI=1S/C23H36N4O2/c1-17(2)13-20(28)19-7-6-10-26(15-19)22(29)18-8-9-21(24-14-18)27-12-11-25(5)23(3,4)16-27/h8-9,14,17,19H,6-7,10-13,15-16H2,1-5H3/t19-/m1/s1. The Bertz CT molecular complexity index is 729. The normalized spacial score (nSPS) is 22.8. The number of aromatic nitrogens is 1. The number of likely N-dealkylation sites (tertiary alicyclic amines) is 1. The molecule has 1 atom stereocenters. The number of rotatable bonds is 5. The number of anilines is 1. The van der Waals surface area contributed by atoms with Gasteiger partial charge in [0.15, 0.2) is 0 Å². The van der Waals surface area contributed by atoms with E-state index in [-0.39, 0.29) is 17.4 Å². The fourth-order valence-corrected chi connectivity index (χ4v) is 4.31. The van der Waals surface area contributed by atoms with Gasteiger partial charge in [0, 0.05) is 56.8 Å². The molecule has 29 heavy (non-hydrogen) atoms. The van der Waals surface area contributed by atoms with E-state index in [2.05, 4.69) is 49.5 Å². The second-order valence-corrected chi connectivity index (χ2v) is 9.72. The van der Waals surface area contributed by atoms with Crippen molar-refractivity contribution >= 4 is 17.5 Å². The smallest absolute Gasteiger partial charge is 0.255 e. The number of pyridine rings is 1. The number of amides is 1. The molecule has 0 bridgehead atoms. The molecule has 2 aliphatic rings. The lowest BCUT2D eigenvalue weighted by molar-refractivity contribution is -0.124. The molecule has 6 nitrogen and oxygen atoms in total. The van der Waals surface area contributed by atoms with Crippen LogP contribution in [0.15, 0.2) is 18.3 Å². The average Bonchev–Trinajstić information content (AvgIpc) is 2.69. The van der Waals surface area contributed by atoms with E-state index in [1.807, 2.05) is 17.0 Å². The van der Waals surface area contributed by atoms with Crippen LogP contribution in [0.2, 0.25) is 0 Å². The summed E-state index contributed by atoms with van der Waals surface area (Å²) in [4.78, 5) is 36.5. The molecule has 1 aromatic rings. The van der Waals surface area contributed by atoms with Crippen LogP contribution < -0.4 is 4.90 Å². The summed E-state index contributed by atoms with van der Waals surface area (Å²) in [5.41, 5.74) is 0.707. The Morgan fingerprint density at radius 2 is 1.97 bits per heavy atom. The molecular formula is C23H36N4O2. The third kappa shape index (κ3) is 5.16. The number of piperazine rings is 1. The van der Waals surface area contributed by atoms with Crippen molar-refractivity contribution in [3.05, 3.63) is 23.9 Å². The summed E-state index contributed by atoms with van der Waals surface area (Å²) < 4.78 is 0. The molecule has 0 aromatic carbocycles. The average molecular weight is 401 g/mol. The Kier molecular flexibility index (Phi) is 6.62. The van der Waals surface area contributed by atoms with E-state index in [1.54, 1.807) is 6.20 Å². The first-order valence-corrected chi connectivity index (χ1v) is 10.9. The topological polar surface area (TPSA) is 56.8 Å². The maximum absolute atomic E-state index is 13.0. The van der Waals surface area contributed by atoms with Gasteiger partial charge in [-0.05, 0) is 51.8 Å². The van der Waals surface area contributed by atoms with Gasteiger partial charge in [0.25, 0.3) is 5.91 Å². The Labute approximate surface area is 175 Å². The van der Waals surface area contributed by atoms with Crippen LogP contribution in [0.1, 0.15) is 57.3 Å². The zero-order valence-corrected chi connectivity index (χ0v) is 18.6. The predicted octanol–water partition coefficient (Wildman–Crippen LogP) is 3.08.